The fourth-order valence-electron chi connectivity index (χ4n) is 1.82. The van der Waals surface area contributed by atoms with E-state index in [0.29, 0.717) is 0 Å². The summed E-state index contributed by atoms with van der Waals surface area (Å²) in [5.41, 5.74) is 0.474. The van der Waals surface area contributed by atoms with Crippen molar-refractivity contribution < 1.29 is 5.11 Å². The minimum atomic E-state index is -0.625. The van der Waals surface area contributed by atoms with Crippen molar-refractivity contribution in [1.82, 2.24) is 5.32 Å². The van der Waals surface area contributed by atoms with Crippen LogP contribution < -0.4 is 5.32 Å². The molecule has 0 spiro atoms. The van der Waals surface area contributed by atoms with E-state index in [1.807, 2.05) is 14.0 Å². The quantitative estimate of drug-likeness (QED) is 0.703. The number of allylic oxidation sites excluding steroid dienone is 2. The van der Waals surface area contributed by atoms with Gasteiger partial charge in [0.15, 0.2) is 0 Å². The van der Waals surface area contributed by atoms with E-state index in [1.165, 1.54) is 0 Å². The van der Waals surface area contributed by atoms with Crippen LogP contribution in [-0.2, 0) is 0 Å². The molecule has 2 N–H and O–H groups in total. The fourth-order valence-corrected chi connectivity index (χ4v) is 1.82. The minimum Gasteiger partial charge on any atom is -0.385 e. The Kier molecular flexibility index (Phi) is 4.36. The molecule has 0 saturated heterocycles. The number of hydrogen-bond donors (Lipinski definition) is 2. The Morgan fingerprint density at radius 2 is 2.29 bits per heavy atom. The maximum atomic E-state index is 10.4. The van der Waals surface area contributed by atoms with Gasteiger partial charge < -0.3 is 10.4 Å². The Morgan fingerprint density at radius 1 is 1.50 bits per heavy atom. The van der Waals surface area contributed by atoms with Crippen molar-refractivity contribution >= 4 is 0 Å². The van der Waals surface area contributed by atoms with Crippen LogP contribution in [0.3, 0.4) is 0 Å². The van der Waals surface area contributed by atoms with Crippen molar-refractivity contribution in [1.29, 1.82) is 0 Å². The van der Waals surface area contributed by atoms with Gasteiger partial charge in [-0.15, -0.1) is 0 Å². The Balaban J connectivity index is 2.67. The molecule has 0 saturated carbocycles. The topological polar surface area (TPSA) is 32.3 Å². The van der Waals surface area contributed by atoms with Crippen LogP contribution in [0.1, 0.15) is 32.6 Å². The largest absolute Gasteiger partial charge is 0.385 e. The van der Waals surface area contributed by atoms with Crippen LogP contribution in [0.25, 0.3) is 0 Å². The highest BCUT2D eigenvalue weighted by Gasteiger charge is 2.27. The van der Waals surface area contributed by atoms with Crippen molar-refractivity contribution in [2.45, 2.75) is 38.2 Å². The molecular formula is C12H21NO. The second-order valence-corrected chi connectivity index (χ2v) is 3.88. The van der Waals surface area contributed by atoms with E-state index in [-0.39, 0.29) is 0 Å². The summed E-state index contributed by atoms with van der Waals surface area (Å²) < 4.78 is 0. The van der Waals surface area contributed by atoms with E-state index in [0.717, 1.165) is 37.8 Å². The van der Waals surface area contributed by atoms with Gasteiger partial charge in [0.1, 0.15) is 0 Å². The lowest BCUT2D eigenvalue weighted by Crippen LogP contribution is -2.33. The van der Waals surface area contributed by atoms with Gasteiger partial charge in [-0.2, -0.15) is 0 Å². The SMILES string of the molecule is CCC(O)(CCNC)C1=CCCC=C1. The van der Waals surface area contributed by atoms with Crippen molar-refractivity contribution in [3.8, 4) is 0 Å². The lowest BCUT2D eigenvalue weighted by atomic mass is 9.85. The van der Waals surface area contributed by atoms with E-state index in [2.05, 4.69) is 23.5 Å². The number of rotatable bonds is 5. The summed E-state index contributed by atoms with van der Waals surface area (Å²) >= 11 is 0. The van der Waals surface area contributed by atoms with Crippen LogP contribution in [0.5, 0.6) is 0 Å². The number of aliphatic hydroxyl groups is 1. The van der Waals surface area contributed by atoms with Gasteiger partial charge in [-0.05, 0) is 44.8 Å². The average Bonchev–Trinajstić information content (AvgIpc) is 2.27. The van der Waals surface area contributed by atoms with Crippen molar-refractivity contribution in [3.05, 3.63) is 23.8 Å². The molecule has 2 heteroatoms. The molecule has 1 aliphatic rings. The normalized spacial score (nSPS) is 20.4. The van der Waals surface area contributed by atoms with Gasteiger partial charge in [-0.1, -0.05) is 25.2 Å². The van der Waals surface area contributed by atoms with Crippen LogP contribution in [0.4, 0.5) is 0 Å². The van der Waals surface area contributed by atoms with E-state index in [4.69, 9.17) is 0 Å². The van der Waals surface area contributed by atoms with Gasteiger partial charge in [-0.3, -0.25) is 0 Å². The minimum absolute atomic E-state index is 0.625. The Morgan fingerprint density at radius 3 is 2.79 bits per heavy atom. The first kappa shape index (κ1) is 11.5. The molecule has 0 heterocycles. The van der Waals surface area contributed by atoms with Crippen LogP contribution in [-0.4, -0.2) is 24.3 Å². The maximum Gasteiger partial charge on any atom is 0.0902 e. The Bertz CT molecular complexity index is 232. The first-order valence-electron chi connectivity index (χ1n) is 5.47. The summed E-state index contributed by atoms with van der Waals surface area (Å²) in [6.07, 6.45) is 10.1. The smallest absolute Gasteiger partial charge is 0.0902 e. The molecule has 0 aliphatic heterocycles. The molecule has 0 bridgehead atoms. The summed E-state index contributed by atoms with van der Waals surface area (Å²) in [6.45, 7) is 2.90. The van der Waals surface area contributed by atoms with Crippen molar-refractivity contribution in [3.63, 3.8) is 0 Å². The number of nitrogens with one attached hydrogen (secondary N) is 1. The summed E-state index contributed by atoms with van der Waals surface area (Å²) in [4.78, 5) is 0. The monoisotopic (exact) mass is 195 g/mol. The van der Waals surface area contributed by atoms with E-state index in [9.17, 15) is 5.11 Å². The predicted molar refractivity (Wildman–Crippen MR) is 60.2 cm³/mol. The number of hydrogen-bond acceptors (Lipinski definition) is 2. The molecule has 1 aliphatic carbocycles. The van der Waals surface area contributed by atoms with Crippen LogP contribution in [0.2, 0.25) is 0 Å². The highest BCUT2D eigenvalue weighted by atomic mass is 16.3. The van der Waals surface area contributed by atoms with Crippen LogP contribution >= 0.6 is 0 Å². The molecule has 0 aromatic heterocycles. The first-order valence-corrected chi connectivity index (χ1v) is 5.47. The van der Waals surface area contributed by atoms with Gasteiger partial charge in [0.25, 0.3) is 0 Å². The summed E-state index contributed by atoms with van der Waals surface area (Å²) in [5, 5.41) is 13.5. The fraction of sp³-hybridized carbons (Fsp3) is 0.667. The molecule has 14 heavy (non-hydrogen) atoms. The van der Waals surface area contributed by atoms with Crippen molar-refractivity contribution in [2.75, 3.05) is 13.6 Å². The molecular weight excluding hydrogens is 174 g/mol. The zero-order valence-corrected chi connectivity index (χ0v) is 9.21. The molecule has 1 rings (SSSR count). The Labute approximate surface area is 86.7 Å². The third-order valence-corrected chi connectivity index (χ3v) is 2.91. The zero-order valence-electron chi connectivity index (χ0n) is 9.21. The molecule has 0 aromatic rings. The molecule has 0 fully saturated rings. The first-order chi connectivity index (χ1) is 6.73. The van der Waals surface area contributed by atoms with E-state index >= 15 is 0 Å². The van der Waals surface area contributed by atoms with Crippen LogP contribution in [0.15, 0.2) is 23.8 Å². The molecule has 1 unspecified atom stereocenters. The predicted octanol–water partition coefficient (Wildman–Crippen LogP) is 2.01. The van der Waals surface area contributed by atoms with Gasteiger partial charge >= 0.3 is 0 Å². The van der Waals surface area contributed by atoms with E-state index < -0.39 is 5.60 Å². The third kappa shape index (κ3) is 2.69. The molecule has 80 valence electrons. The Hall–Kier alpha value is -0.600. The van der Waals surface area contributed by atoms with Gasteiger partial charge in [0.05, 0.1) is 5.60 Å². The highest BCUT2D eigenvalue weighted by molar-refractivity contribution is 5.31. The third-order valence-electron chi connectivity index (χ3n) is 2.91. The van der Waals surface area contributed by atoms with Crippen molar-refractivity contribution in [2.24, 2.45) is 0 Å². The van der Waals surface area contributed by atoms with Crippen LogP contribution in [0, 0.1) is 0 Å². The summed E-state index contributed by atoms with van der Waals surface area (Å²) in [5.74, 6) is 0. The van der Waals surface area contributed by atoms with Gasteiger partial charge in [0, 0.05) is 0 Å². The summed E-state index contributed by atoms with van der Waals surface area (Å²) in [6, 6.07) is 0. The van der Waals surface area contributed by atoms with Gasteiger partial charge in [-0.25, -0.2) is 0 Å². The highest BCUT2D eigenvalue weighted by Crippen LogP contribution is 2.28. The second-order valence-electron chi connectivity index (χ2n) is 3.88. The molecule has 0 amide bonds. The maximum absolute atomic E-state index is 10.4. The zero-order chi connectivity index (χ0) is 10.4. The molecule has 1 atom stereocenters. The van der Waals surface area contributed by atoms with E-state index in [1.54, 1.807) is 0 Å². The molecule has 0 radical (unpaired) electrons. The molecule has 2 nitrogen and oxygen atoms in total. The lowest BCUT2D eigenvalue weighted by Gasteiger charge is -2.29. The standard InChI is InChI=1S/C12H21NO/c1-3-12(14,9-10-13-2)11-7-5-4-6-8-11/h5,7-8,13-14H,3-4,6,9-10H2,1-2H3. The second kappa shape index (κ2) is 5.32. The summed E-state index contributed by atoms with van der Waals surface area (Å²) in [7, 11) is 1.92. The average molecular weight is 195 g/mol. The van der Waals surface area contributed by atoms with Gasteiger partial charge in [0.2, 0.25) is 0 Å². The molecule has 0 aromatic carbocycles. The lowest BCUT2D eigenvalue weighted by molar-refractivity contribution is 0.0686.